The van der Waals surface area contributed by atoms with E-state index in [4.69, 9.17) is 21.3 Å². The zero-order valence-electron chi connectivity index (χ0n) is 23.9. The van der Waals surface area contributed by atoms with Crippen molar-refractivity contribution >= 4 is 22.6 Å². The molecule has 1 saturated carbocycles. The summed E-state index contributed by atoms with van der Waals surface area (Å²) in [6.45, 7) is 13.3. The largest absolute Gasteiger partial charge is 0.462 e. The van der Waals surface area contributed by atoms with E-state index in [2.05, 4.69) is 64.7 Å². The molecule has 42 heavy (non-hydrogen) atoms. The van der Waals surface area contributed by atoms with Crippen molar-refractivity contribution in [2.75, 3.05) is 51.3 Å². The molecular formula is C33H35FN6O2. The monoisotopic (exact) mass is 566 g/mol. The summed E-state index contributed by atoms with van der Waals surface area (Å²) < 4.78 is 20.0. The number of hydrogen-bond acceptors (Lipinski definition) is 6. The molecule has 1 amide bonds. The second kappa shape index (κ2) is 10.7. The fraction of sp³-hybridized carbons (Fsp3) is 0.455. The van der Waals surface area contributed by atoms with Gasteiger partial charge in [-0.3, -0.25) is 4.79 Å². The number of aromatic nitrogens is 2. The van der Waals surface area contributed by atoms with Gasteiger partial charge in [-0.15, -0.1) is 0 Å². The molecule has 2 aliphatic carbocycles. The summed E-state index contributed by atoms with van der Waals surface area (Å²) in [5.41, 5.74) is 6.16. The normalized spacial score (nSPS) is 24.8. The van der Waals surface area contributed by atoms with E-state index in [-0.39, 0.29) is 13.1 Å². The van der Waals surface area contributed by atoms with Gasteiger partial charge in [-0.25, -0.2) is 11.0 Å². The Kier molecular flexibility index (Phi) is 6.82. The fourth-order valence-electron chi connectivity index (χ4n) is 7.22. The highest BCUT2D eigenvalue weighted by Gasteiger charge is 2.45. The molecule has 3 fully saturated rings. The number of nitrogens with zero attached hydrogens (tertiary/aromatic N) is 6. The number of carbonyl (C=O) groups excluding carboxylic acids is 1. The van der Waals surface area contributed by atoms with Crippen molar-refractivity contribution < 1.29 is 13.9 Å². The van der Waals surface area contributed by atoms with Crippen molar-refractivity contribution in [3.8, 4) is 17.1 Å². The molecule has 0 radical (unpaired) electrons. The first-order valence-electron chi connectivity index (χ1n) is 14.9. The van der Waals surface area contributed by atoms with E-state index in [1.54, 1.807) is 0 Å². The Bertz CT molecular complexity index is 1620. The molecule has 7 rings (SSSR count). The van der Waals surface area contributed by atoms with E-state index in [0.717, 1.165) is 54.1 Å². The molecule has 3 heterocycles. The number of carbonyl (C=O) groups is 1. The first-order chi connectivity index (χ1) is 20.4. The standard InChI is InChI=1S/C33H35FN6O2/c1-20(34)32(41)40-13-12-39(18-24(40)17-35-2)31-27-10-9-21(25-7-4-8-26-28-14-22(28)15-29(25)26)16-30(27)36-33(37-31)42-19-23-6-5-11-38(23)3/h4,7-10,16,22-24,28H,1,5-6,11-15,17-19H2,3H3/t22-,23+,24+,28-/m1/s1. The van der Waals surface area contributed by atoms with Crippen LogP contribution in [0.5, 0.6) is 6.01 Å². The molecule has 3 aromatic rings. The average molecular weight is 567 g/mol. The van der Waals surface area contributed by atoms with Gasteiger partial charge in [0, 0.05) is 31.1 Å². The van der Waals surface area contributed by atoms with Gasteiger partial charge in [0.25, 0.3) is 5.91 Å². The summed E-state index contributed by atoms with van der Waals surface area (Å²) in [5, 5.41) is 0.885. The number of halogens is 1. The lowest BCUT2D eigenvalue weighted by atomic mass is 9.94. The van der Waals surface area contributed by atoms with Gasteiger partial charge in [0.1, 0.15) is 18.5 Å². The molecule has 9 heteroatoms. The quantitative estimate of drug-likeness (QED) is 0.301. The van der Waals surface area contributed by atoms with Crippen LogP contribution in [0.4, 0.5) is 10.2 Å². The molecule has 1 aromatic heterocycles. The lowest BCUT2D eigenvalue weighted by Gasteiger charge is -2.39. The van der Waals surface area contributed by atoms with Crippen LogP contribution in [0.2, 0.25) is 0 Å². The van der Waals surface area contributed by atoms with E-state index in [9.17, 15) is 9.18 Å². The number of ether oxygens (including phenoxy) is 1. The molecule has 0 N–H and O–H groups in total. The molecular weight excluding hydrogens is 531 g/mol. The number of benzene rings is 2. The number of likely N-dealkylation sites (N-methyl/N-ethyl adjacent to an activating group) is 1. The summed E-state index contributed by atoms with van der Waals surface area (Å²) in [4.78, 5) is 31.6. The summed E-state index contributed by atoms with van der Waals surface area (Å²) >= 11 is 0. The van der Waals surface area contributed by atoms with Crippen molar-refractivity contribution in [1.29, 1.82) is 0 Å². The first-order valence-corrected chi connectivity index (χ1v) is 14.9. The zero-order valence-corrected chi connectivity index (χ0v) is 23.9. The smallest absolute Gasteiger partial charge is 0.319 e. The minimum atomic E-state index is -1.00. The van der Waals surface area contributed by atoms with Crippen LogP contribution in [0.25, 0.3) is 26.9 Å². The third-order valence-electron chi connectivity index (χ3n) is 9.62. The van der Waals surface area contributed by atoms with E-state index >= 15 is 0 Å². The molecule has 2 aromatic carbocycles. The van der Waals surface area contributed by atoms with E-state index in [1.807, 2.05) is 0 Å². The van der Waals surface area contributed by atoms with Gasteiger partial charge in [-0.1, -0.05) is 30.8 Å². The van der Waals surface area contributed by atoms with Gasteiger partial charge < -0.3 is 24.3 Å². The Morgan fingerprint density at radius 3 is 2.86 bits per heavy atom. The Morgan fingerprint density at radius 1 is 1.19 bits per heavy atom. The molecule has 2 saturated heterocycles. The average Bonchev–Trinajstić information content (AvgIpc) is 3.49. The third kappa shape index (κ3) is 4.78. The van der Waals surface area contributed by atoms with Gasteiger partial charge in [-0.05, 0) is 85.5 Å². The Balaban J connectivity index is 1.25. The first kappa shape index (κ1) is 26.8. The maximum Gasteiger partial charge on any atom is 0.319 e. The number of anilines is 1. The summed E-state index contributed by atoms with van der Waals surface area (Å²) in [6, 6.07) is 13.2. The molecule has 0 bridgehead atoms. The minimum absolute atomic E-state index is 0.0706. The predicted octanol–water partition coefficient (Wildman–Crippen LogP) is 4.85. The molecule has 0 spiro atoms. The van der Waals surface area contributed by atoms with Crippen LogP contribution in [0.1, 0.15) is 36.3 Å². The summed E-state index contributed by atoms with van der Waals surface area (Å²) in [7, 11) is 2.12. The van der Waals surface area contributed by atoms with Gasteiger partial charge in [0.15, 0.2) is 5.83 Å². The SMILES string of the molecule is [C-]#[N+]C[C@H]1CN(c2nc(OC[C@@H]3CCCN3C)nc3cc(-c4cccc5c4C[C@H]4C[C@@H]54)ccc23)CCN1C(=O)C(=C)F. The van der Waals surface area contributed by atoms with Crippen LogP contribution in [-0.4, -0.2) is 84.1 Å². The minimum Gasteiger partial charge on any atom is -0.462 e. The molecule has 2 aliphatic heterocycles. The van der Waals surface area contributed by atoms with Crippen LogP contribution in [-0.2, 0) is 11.2 Å². The van der Waals surface area contributed by atoms with Gasteiger partial charge >= 0.3 is 6.01 Å². The van der Waals surface area contributed by atoms with Crippen LogP contribution in [0.3, 0.4) is 0 Å². The number of amides is 1. The van der Waals surface area contributed by atoms with Crippen molar-refractivity contribution in [1.82, 2.24) is 19.8 Å². The number of likely N-dealkylation sites (tertiary alicyclic amines) is 1. The van der Waals surface area contributed by atoms with Crippen molar-refractivity contribution in [2.24, 2.45) is 5.92 Å². The van der Waals surface area contributed by atoms with Gasteiger partial charge in [0.2, 0.25) is 6.54 Å². The Morgan fingerprint density at radius 2 is 2.07 bits per heavy atom. The number of rotatable bonds is 7. The molecule has 0 unspecified atom stereocenters. The van der Waals surface area contributed by atoms with Crippen molar-refractivity contribution in [3.05, 3.63) is 71.3 Å². The second-order valence-electron chi connectivity index (χ2n) is 12.2. The van der Waals surface area contributed by atoms with Crippen LogP contribution in [0.15, 0.2) is 48.8 Å². The fourth-order valence-corrected chi connectivity index (χ4v) is 7.22. The van der Waals surface area contributed by atoms with Crippen molar-refractivity contribution in [2.45, 2.75) is 43.7 Å². The lowest BCUT2D eigenvalue weighted by molar-refractivity contribution is -0.131. The Labute approximate surface area is 245 Å². The lowest BCUT2D eigenvalue weighted by Crippen LogP contribution is -2.56. The van der Waals surface area contributed by atoms with Gasteiger partial charge in [0.05, 0.1) is 5.52 Å². The molecule has 4 atom stereocenters. The zero-order chi connectivity index (χ0) is 29.0. The molecule has 216 valence electrons. The maximum atomic E-state index is 13.8. The highest BCUT2D eigenvalue weighted by molar-refractivity contribution is 5.94. The second-order valence-corrected chi connectivity index (χ2v) is 12.2. The summed E-state index contributed by atoms with van der Waals surface area (Å²) in [5.74, 6) is 0.482. The van der Waals surface area contributed by atoms with Gasteiger partial charge in [-0.2, -0.15) is 9.97 Å². The number of hydrogen-bond donors (Lipinski definition) is 0. The van der Waals surface area contributed by atoms with E-state index in [0.29, 0.717) is 37.6 Å². The topological polar surface area (TPSA) is 66.2 Å². The van der Waals surface area contributed by atoms with E-state index in [1.165, 1.54) is 28.0 Å². The van der Waals surface area contributed by atoms with E-state index < -0.39 is 17.8 Å². The predicted molar refractivity (Wildman–Crippen MR) is 160 cm³/mol. The third-order valence-corrected chi connectivity index (χ3v) is 9.62. The van der Waals surface area contributed by atoms with Crippen molar-refractivity contribution in [3.63, 3.8) is 0 Å². The highest BCUT2D eigenvalue weighted by atomic mass is 19.1. The van der Waals surface area contributed by atoms with Crippen LogP contribution >= 0.6 is 0 Å². The molecule has 4 aliphatic rings. The molecule has 8 nitrogen and oxygen atoms in total. The highest BCUT2D eigenvalue weighted by Crippen LogP contribution is 2.57. The Hall–Kier alpha value is -4.03. The number of fused-ring (bicyclic) bond motifs is 4. The number of piperazine rings is 1. The maximum absolute atomic E-state index is 13.8. The van der Waals surface area contributed by atoms with Crippen LogP contribution < -0.4 is 9.64 Å². The van der Waals surface area contributed by atoms with Crippen LogP contribution in [0, 0.1) is 12.5 Å². The summed E-state index contributed by atoms with van der Waals surface area (Å²) in [6.07, 6.45) is 4.69.